The number of ether oxygens (including phenoxy) is 1. The van der Waals surface area contributed by atoms with Crippen molar-refractivity contribution in [1.82, 2.24) is 5.32 Å². The van der Waals surface area contributed by atoms with E-state index < -0.39 is 0 Å². The van der Waals surface area contributed by atoms with E-state index in [0.29, 0.717) is 24.6 Å². The molecule has 3 heteroatoms. The zero-order valence-electron chi connectivity index (χ0n) is 10.8. The Labute approximate surface area is 103 Å². The quantitative estimate of drug-likeness (QED) is 0.770. The molecule has 1 rings (SSSR count). The van der Waals surface area contributed by atoms with Gasteiger partial charge in [0.2, 0.25) is 0 Å². The van der Waals surface area contributed by atoms with Crippen LogP contribution in [0.3, 0.4) is 0 Å². The molecule has 1 aromatic carbocycles. The Morgan fingerprint density at radius 3 is 2.53 bits per heavy atom. The second-order valence-corrected chi connectivity index (χ2v) is 4.18. The normalized spacial score (nSPS) is 12.2. The Morgan fingerprint density at radius 1 is 1.35 bits per heavy atom. The average molecular weight is 235 g/mol. The zero-order chi connectivity index (χ0) is 12.7. The summed E-state index contributed by atoms with van der Waals surface area (Å²) in [6.45, 7) is 5.43. The zero-order valence-corrected chi connectivity index (χ0v) is 10.8. The molecule has 0 aromatic heterocycles. The lowest BCUT2D eigenvalue weighted by molar-refractivity contribution is 0.0937. The van der Waals surface area contributed by atoms with Crippen LogP contribution in [0, 0.1) is 0 Å². The molecule has 1 unspecified atom stereocenters. The third-order valence-electron chi connectivity index (χ3n) is 2.95. The highest BCUT2D eigenvalue weighted by Crippen LogP contribution is 2.18. The number of methoxy groups -OCH3 is 1. The third kappa shape index (κ3) is 4.19. The molecular formula is C14H21NO2. The molecule has 0 fully saturated rings. The summed E-state index contributed by atoms with van der Waals surface area (Å²) in [5.41, 5.74) is 1.98. The maximum Gasteiger partial charge on any atom is 0.251 e. The van der Waals surface area contributed by atoms with Gasteiger partial charge in [0.1, 0.15) is 0 Å². The van der Waals surface area contributed by atoms with Crippen LogP contribution in [0.2, 0.25) is 0 Å². The standard InChI is InChI=1S/C14H21NO2/c1-4-11(2)12-5-7-13(8-6-12)14(16)15-9-10-17-3/h5-8,11H,4,9-10H2,1-3H3,(H,15,16). The molecule has 1 atom stereocenters. The summed E-state index contributed by atoms with van der Waals surface area (Å²) in [6, 6.07) is 7.81. The van der Waals surface area contributed by atoms with Gasteiger partial charge in [-0.05, 0) is 30.0 Å². The van der Waals surface area contributed by atoms with Crippen LogP contribution in [0.1, 0.15) is 42.1 Å². The maximum atomic E-state index is 11.7. The molecule has 1 amide bonds. The van der Waals surface area contributed by atoms with Gasteiger partial charge in [0.05, 0.1) is 6.61 Å². The first-order valence-corrected chi connectivity index (χ1v) is 6.06. The van der Waals surface area contributed by atoms with Crippen LogP contribution in [-0.2, 0) is 4.74 Å². The number of carbonyl (C=O) groups excluding carboxylic acids is 1. The summed E-state index contributed by atoms with van der Waals surface area (Å²) in [6.07, 6.45) is 1.11. The van der Waals surface area contributed by atoms with E-state index in [1.54, 1.807) is 7.11 Å². The van der Waals surface area contributed by atoms with Crippen molar-refractivity contribution in [3.8, 4) is 0 Å². The molecule has 0 aliphatic heterocycles. The van der Waals surface area contributed by atoms with E-state index in [0.717, 1.165) is 6.42 Å². The lowest BCUT2D eigenvalue weighted by Crippen LogP contribution is -2.26. The van der Waals surface area contributed by atoms with E-state index in [2.05, 4.69) is 19.2 Å². The number of hydrogen-bond donors (Lipinski definition) is 1. The highest BCUT2D eigenvalue weighted by atomic mass is 16.5. The molecule has 0 aliphatic carbocycles. The van der Waals surface area contributed by atoms with E-state index in [4.69, 9.17) is 4.74 Å². The molecular weight excluding hydrogens is 214 g/mol. The molecule has 17 heavy (non-hydrogen) atoms. The van der Waals surface area contributed by atoms with Gasteiger partial charge in [-0.3, -0.25) is 4.79 Å². The van der Waals surface area contributed by atoms with E-state index >= 15 is 0 Å². The third-order valence-corrected chi connectivity index (χ3v) is 2.95. The topological polar surface area (TPSA) is 38.3 Å². The summed E-state index contributed by atoms with van der Waals surface area (Å²) in [5.74, 6) is 0.498. The molecule has 0 saturated carbocycles. The van der Waals surface area contributed by atoms with Crippen LogP contribution >= 0.6 is 0 Å². The van der Waals surface area contributed by atoms with Gasteiger partial charge in [0.15, 0.2) is 0 Å². The number of carbonyl (C=O) groups is 1. The van der Waals surface area contributed by atoms with E-state index in [-0.39, 0.29) is 5.91 Å². The molecule has 0 heterocycles. The van der Waals surface area contributed by atoms with Gasteiger partial charge in [0.25, 0.3) is 5.91 Å². The fourth-order valence-corrected chi connectivity index (χ4v) is 1.57. The van der Waals surface area contributed by atoms with Crippen molar-refractivity contribution in [3.63, 3.8) is 0 Å². The number of rotatable bonds is 6. The molecule has 94 valence electrons. The Bertz CT molecular complexity index is 346. The maximum absolute atomic E-state index is 11.7. The van der Waals surface area contributed by atoms with Crippen LogP contribution in [0.4, 0.5) is 0 Å². The monoisotopic (exact) mass is 235 g/mol. The van der Waals surface area contributed by atoms with Crippen LogP contribution in [0.15, 0.2) is 24.3 Å². The first kappa shape index (κ1) is 13.7. The predicted molar refractivity (Wildman–Crippen MR) is 69.4 cm³/mol. The number of nitrogens with one attached hydrogen (secondary N) is 1. The summed E-state index contributed by atoms with van der Waals surface area (Å²) in [4.78, 5) is 11.7. The van der Waals surface area contributed by atoms with Crippen LogP contribution in [0.5, 0.6) is 0 Å². The summed E-state index contributed by atoms with van der Waals surface area (Å²) in [5, 5.41) is 2.80. The molecule has 0 bridgehead atoms. The Hall–Kier alpha value is -1.35. The van der Waals surface area contributed by atoms with Gasteiger partial charge in [-0.2, -0.15) is 0 Å². The molecule has 1 aromatic rings. The van der Waals surface area contributed by atoms with Crippen molar-refractivity contribution >= 4 is 5.91 Å². The lowest BCUT2D eigenvalue weighted by Gasteiger charge is -2.09. The molecule has 0 saturated heterocycles. The van der Waals surface area contributed by atoms with Gasteiger partial charge in [-0.15, -0.1) is 0 Å². The highest BCUT2D eigenvalue weighted by Gasteiger charge is 2.06. The molecule has 0 aliphatic rings. The van der Waals surface area contributed by atoms with Crippen molar-refractivity contribution in [1.29, 1.82) is 0 Å². The van der Waals surface area contributed by atoms with Gasteiger partial charge in [-0.25, -0.2) is 0 Å². The summed E-state index contributed by atoms with van der Waals surface area (Å²) in [7, 11) is 1.62. The number of hydrogen-bond acceptors (Lipinski definition) is 2. The Morgan fingerprint density at radius 2 is 2.00 bits per heavy atom. The summed E-state index contributed by atoms with van der Waals surface area (Å²) < 4.78 is 4.88. The first-order valence-electron chi connectivity index (χ1n) is 6.06. The molecule has 3 nitrogen and oxygen atoms in total. The minimum atomic E-state index is -0.0437. The second-order valence-electron chi connectivity index (χ2n) is 4.18. The molecule has 1 N–H and O–H groups in total. The molecule has 0 spiro atoms. The van der Waals surface area contributed by atoms with Gasteiger partial charge in [-0.1, -0.05) is 26.0 Å². The average Bonchev–Trinajstić information content (AvgIpc) is 2.38. The fourth-order valence-electron chi connectivity index (χ4n) is 1.57. The minimum Gasteiger partial charge on any atom is -0.383 e. The van der Waals surface area contributed by atoms with Crippen molar-refractivity contribution in [2.45, 2.75) is 26.2 Å². The number of amides is 1. The fraction of sp³-hybridized carbons (Fsp3) is 0.500. The first-order chi connectivity index (χ1) is 8.19. The van der Waals surface area contributed by atoms with Gasteiger partial charge in [0, 0.05) is 19.2 Å². The second kappa shape index (κ2) is 7.07. The Kier molecular flexibility index (Phi) is 5.70. The van der Waals surface area contributed by atoms with Gasteiger partial charge < -0.3 is 10.1 Å². The SMILES string of the molecule is CCC(C)c1ccc(C(=O)NCCOC)cc1. The largest absolute Gasteiger partial charge is 0.383 e. The van der Waals surface area contributed by atoms with Crippen molar-refractivity contribution in [2.24, 2.45) is 0 Å². The van der Waals surface area contributed by atoms with Crippen LogP contribution < -0.4 is 5.32 Å². The van der Waals surface area contributed by atoms with E-state index in [1.165, 1.54) is 5.56 Å². The number of benzene rings is 1. The van der Waals surface area contributed by atoms with Crippen LogP contribution in [0.25, 0.3) is 0 Å². The summed E-state index contributed by atoms with van der Waals surface area (Å²) >= 11 is 0. The minimum absolute atomic E-state index is 0.0437. The smallest absolute Gasteiger partial charge is 0.251 e. The Balaban J connectivity index is 2.58. The van der Waals surface area contributed by atoms with E-state index in [1.807, 2.05) is 24.3 Å². The van der Waals surface area contributed by atoms with Crippen molar-refractivity contribution in [3.05, 3.63) is 35.4 Å². The van der Waals surface area contributed by atoms with Crippen molar-refractivity contribution < 1.29 is 9.53 Å². The van der Waals surface area contributed by atoms with Gasteiger partial charge >= 0.3 is 0 Å². The molecule has 0 radical (unpaired) electrons. The highest BCUT2D eigenvalue weighted by molar-refractivity contribution is 5.94. The lowest BCUT2D eigenvalue weighted by atomic mass is 9.97. The predicted octanol–water partition coefficient (Wildman–Crippen LogP) is 2.58. The van der Waals surface area contributed by atoms with Crippen molar-refractivity contribution in [2.75, 3.05) is 20.3 Å². The van der Waals surface area contributed by atoms with E-state index in [9.17, 15) is 4.79 Å². The van der Waals surface area contributed by atoms with Crippen LogP contribution in [-0.4, -0.2) is 26.2 Å².